The summed E-state index contributed by atoms with van der Waals surface area (Å²) in [6.45, 7) is 8.25. The molecule has 1 unspecified atom stereocenters. The number of rotatable bonds is 6. The van der Waals surface area contributed by atoms with Gasteiger partial charge in [0.2, 0.25) is 11.8 Å². The lowest BCUT2D eigenvalue weighted by molar-refractivity contribution is -0.197. The Bertz CT molecular complexity index is 929. The molecule has 2 N–H and O–H groups in total. The van der Waals surface area contributed by atoms with Crippen LogP contribution in [0.1, 0.15) is 44.1 Å². The molecule has 4 heterocycles. The molecule has 9 nitrogen and oxygen atoms in total. The number of likely N-dealkylation sites (N-methyl/N-ethyl adjacent to an activating group) is 1. The molecule has 9 heteroatoms. The molecule has 1 spiro atoms. The van der Waals surface area contributed by atoms with Gasteiger partial charge in [0.15, 0.2) is 0 Å². The molecule has 0 saturated carbocycles. The second-order valence-corrected chi connectivity index (χ2v) is 11.5. The second kappa shape index (κ2) is 10.4. The van der Waals surface area contributed by atoms with E-state index in [0.717, 1.165) is 32.8 Å². The van der Waals surface area contributed by atoms with Crippen LogP contribution in [0.25, 0.3) is 0 Å². The second-order valence-electron chi connectivity index (χ2n) is 11.5. The summed E-state index contributed by atoms with van der Waals surface area (Å²) in [4.78, 5) is 34.0. The minimum atomic E-state index is -0.951. The number of ether oxygens (including phenoxy) is 1. The van der Waals surface area contributed by atoms with Crippen LogP contribution in [0.15, 0.2) is 30.3 Å². The number of β-amino-alcohol motifs (C(OH)–C–C–N with tert-alkyl or cyclic N) is 1. The molecule has 0 radical (unpaired) electrons. The van der Waals surface area contributed by atoms with E-state index in [1.807, 2.05) is 23.1 Å². The summed E-state index contributed by atoms with van der Waals surface area (Å²) in [5, 5.41) is 14.7. The zero-order chi connectivity index (χ0) is 25.3. The minimum absolute atomic E-state index is 0.0240. The fourth-order valence-electron chi connectivity index (χ4n) is 6.19. The zero-order valence-electron chi connectivity index (χ0n) is 21.7. The van der Waals surface area contributed by atoms with Gasteiger partial charge in [0, 0.05) is 45.7 Å². The SMILES string of the molecule is C[C@H](CC(=O)N1CCC(O)(CN2CNC(N3CC4(CN(C)CCO4)C3)CC2=O)CC1)c1ccccc1. The van der Waals surface area contributed by atoms with Gasteiger partial charge in [-0.2, -0.15) is 0 Å². The molecule has 2 atom stereocenters. The van der Waals surface area contributed by atoms with E-state index < -0.39 is 5.60 Å². The number of nitrogens with one attached hydrogen (secondary N) is 1. The fraction of sp³-hybridized carbons (Fsp3) is 0.704. The first kappa shape index (κ1) is 25.6. The molecule has 4 aliphatic rings. The number of aliphatic hydroxyl groups is 1. The van der Waals surface area contributed by atoms with Crippen LogP contribution in [0.3, 0.4) is 0 Å². The Balaban J connectivity index is 1.06. The number of hydrogen-bond donors (Lipinski definition) is 2. The molecular formula is C27H41N5O4. The Morgan fingerprint density at radius 3 is 2.56 bits per heavy atom. The van der Waals surface area contributed by atoms with Crippen LogP contribution in [-0.2, 0) is 14.3 Å². The van der Waals surface area contributed by atoms with Gasteiger partial charge in [-0.25, -0.2) is 0 Å². The van der Waals surface area contributed by atoms with Crippen molar-refractivity contribution in [2.24, 2.45) is 0 Å². The first-order valence-electron chi connectivity index (χ1n) is 13.4. The van der Waals surface area contributed by atoms with Crippen molar-refractivity contribution in [1.82, 2.24) is 24.9 Å². The van der Waals surface area contributed by atoms with Crippen molar-refractivity contribution < 1.29 is 19.4 Å². The predicted molar refractivity (Wildman–Crippen MR) is 136 cm³/mol. The smallest absolute Gasteiger partial charge is 0.226 e. The van der Waals surface area contributed by atoms with Gasteiger partial charge in [-0.15, -0.1) is 0 Å². The van der Waals surface area contributed by atoms with Crippen LogP contribution in [-0.4, -0.2) is 120 Å². The zero-order valence-corrected chi connectivity index (χ0v) is 21.7. The van der Waals surface area contributed by atoms with Gasteiger partial charge in [-0.05, 0) is 31.4 Å². The average Bonchev–Trinajstić information content (AvgIpc) is 2.84. The van der Waals surface area contributed by atoms with Crippen LogP contribution in [0.2, 0.25) is 0 Å². The summed E-state index contributed by atoms with van der Waals surface area (Å²) in [5.74, 6) is 0.369. The van der Waals surface area contributed by atoms with E-state index in [9.17, 15) is 14.7 Å². The number of likely N-dealkylation sites (tertiary alicyclic amines) is 2. The van der Waals surface area contributed by atoms with E-state index in [1.165, 1.54) is 5.56 Å². The number of carbonyl (C=O) groups excluding carboxylic acids is 2. The van der Waals surface area contributed by atoms with Crippen LogP contribution < -0.4 is 5.32 Å². The number of nitrogens with zero attached hydrogens (tertiary/aromatic N) is 4. The van der Waals surface area contributed by atoms with E-state index in [1.54, 1.807) is 4.90 Å². The lowest BCUT2D eigenvalue weighted by Gasteiger charge is -2.56. The summed E-state index contributed by atoms with van der Waals surface area (Å²) in [5.41, 5.74) is 0.127. The third-order valence-electron chi connectivity index (χ3n) is 8.48. The Hall–Kier alpha value is -2.04. The van der Waals surface area contributed by atoms with E-state index in [4.69, 9.17) is 4.74 Å². The van der Waals surface area contributed by atoms with E-state index in [2.05, 4.69) is 41.2 Å². The van der Waals surface area contributed by atoms with Crippen molar-refractivity contribution >= 4 is 11.8 Å². The Kier molecular flexibility index (Phi) is 7.38. The molecule has 2 amide bonds. The highest BCUT2D eigenvalue weighted by molar-refractivity contribution is 5.78. The van der Waals surface area contributed by atoms with Crippen LogP contribution >= 0.6 is 0 Å². The third kappa shape index (κ3) is 5.60. The highest BCUT2D eigenvalue weighted by Gasteiger charge is 2.50. The number of piperidine rings is 1. The minimum Gasteiger partial charge on any atom is -0.388 e. The lowest BCUT2D eigenvalue weighted by atomic mass is 9.89. The molecule has 1 aromatic carbocycles. The molecule has 5 rings (SSSR count). The maximum Gasteiger partial charge on any atom is 0.226 e. The van der Waals surface area contributed by atoms with Gasteiger partial charge < -0.3 is 24.5 Å². The first-order valence-corrected chi connectivity index (χ1v) is 13.4. The molecule has 1 aromatic rings. The van der Waals surface area contributed by atoms with Gasteiger partial charge in [0.25, 0.3) is 0 Å². The van der Waals surface area contributed by atoms with Crippen molar-refractivity contribution in [3.8, 4) is 0 Å². The number of benzene rings is 1. The fourth-order valence-corrected chi connectivity index (χ4v) is 6.19. The molecule has 198 valence electrons. The predicted octanol–water partition coefficient (Wildman–Crippen LogP) is 0.656. The standard InChI is InChI=1S/C27H41N5O4/c1-21(22-6-4-3-5-7-22)14-24(33)30-10-8-26(35,9-11-30)16-32-20-28-23(15-25(32)34)31-18-27(19-31)17-29(2)12-13-36-27/h3-7,21,23,28,35H,8-20H2,1-2H3/t21-,23?/m1/s1. The van der Waals surface area contributed by atoms with Crippen molar-refractivity contribution in [1.29, 1.82) is 0 Å². The van der Waals surface area contributed by atoms with Crippen molar-refractivity contribution in [2.45, 2.75) is 55.9 Å². The molecule has 0 aromatic heterocycles. The number of morpholine rings is 1. The average molecular weight is 500 g/mol. The molecule has 36 heavy (non-hydrogen) atoms. The summed E-state index contributed by atoms with van der Waals surface area (Å²) in [6.07, 6.45) is 1.88. The van der Waals surface area contributed by atoms with Crippen molar-refractivity contribution in [3.05, 3.63) is 35.9 Å². The molecule has 0 bridgehead atoms. The Morgan fingerprint density at radius 2 is 1.89 bits per heavy atom. The largest absolute Gasteiger partial charge is 0.388 e. The molecule has 4 fully saturated rings. The molecule has 0 aliphatic carbocycles. The maximum absolute atomic E-state index is 13.0. The van der Waals surface area contributed by atoms with E-state index in [0.29, 0.717) is 52.0 Å². The van der Waals surface area contributed by atoms with Crippen LogP contribution in [0.5, 0.6) is 0 Å². The highest BCUT2D eigenvalue weighted by Crippen LogP contribution is 2.32. The lowest BCUT2D eigenvalue weighted by Crippen LogP contribution is -2.74. The van der Waals surface area contributed by atoms with Crippen LogP contribution in [0.4, 0.5) is 0 Å². The molecule has 4 saturated heterocycles. The quantitative estimate of drug-likeness (QED) is 0.594. The number of amides is 2. The van der Waals surface area contributed by atoms with Crippen LogP contribution in [0, 0.1) is 0 Å². The Labute approximate surface area is 214 Å². The van der Waals surface area contributed by atoms with Gasteiger partial charge in [0.05, 0.1) is 38.0 Å². The van der Waals surface area contributed by atoms with Crippen molar-refractivity contribution in [3.63, 3.8) is 0 Å². The number of carbonyl (C=O) groups is 2. The number of hydrogen-bond acceptors (Lipinski definition) is 7. The van der Waals surface area contributed by atoms with Gasteiger partial charge in [0.1, 0.15) is 5.60 Å². The van der Waals surface area contributed by atoms with Crippen molar-refractivity contribution in [2.75, 3.05) is 66.1 Å². The molecule has 4 aliphatic heterocycles. The monoisotopic (exact) mass is 499 g/mol. The molecular weight excluding hydrogens is 458 g/mol. The highest BCUT2D eigenvalue weighted by atomic mass is 16.5. The summed E-state index contributed by atoms with van der Waals surface area (Å²) >= 11 is 0. The van der Waals surface area contributed by atoms with Gasteiger partial charge in [-0.3, -0.25) is 19.8 Å². The van der Waals surface area contributed by atoms with E-state index in [-0.39, 0.29) is 29.5 Å². The van der Waals surface area contributed by atoms with E-state index >= 15 is 0 Å². The summed E-state index contributed by atoms with van der Waals surface area (Å²) in [6, 6.07) is 10.1. The maximum atomic E-state index is 13.0. The first-order chi connectivity index (χ1) is 17.2. The third-order valence-corrected chi connectivity index (χ3v) is 8.48. The summed E-state index contributed by atoms with van der Waals surface area (Å²) < 4.78 is 6.06. The van der Waals surface area contributed by atoms with Gasteiger partial charge >= 0.3 is 0 Å². The normalized spacial score (nSPS) is 27.6. The van der Waals surface area contributed by atoms with Gasteiger partial charge in [-0.1, -0.05) is 37.3 Å². The topological polar surface area (TPSA) is 88.6 Å². The Morgan fingerprint density at radius 1 is 1.17 bits per heavy atom. The summed E-state index contributed by atoms with van der Waals surface area (Å²) in [7, 11) is 2.13.